The lowest BCUT2D eigenvalue weighted by atomic mass is 10.1. The van der Waals surface area contributed by atoms with Gasteiger partial charge in [-0.25, -0.2) is 14.8 Å². The fraction of sp³-hybridized carbons (Fsp3) is 0.214. The molecule has 1 aromatic carbocycles. The predicted molar refractivity (Wildman–Crippen MR) is 79.1 cm³/mol. The third kappa shape index (κ3) is 3.41. The molecule has 1 heterocycles. The van der Waals surface area contributed by atoms with Gasteiger partial charge in [-0.3, -0.25) is 0 Å². The SMILES string of the molecule is CCc1nc(Cl)cc(Nc2cccc(C(=O)OC)c2O)n1. The molecule has 0 amide bonds. The number of nitrogens with zero attached hydrogens (tertiary/aromatic N) is 2. The molecular formula is C14H14ClN3O3. The number of carbonyl (C=O) groups excluding carboxylic acids is 1. The van der Waals surface area contributed by atoms with Crippen molar-refractivity contribution in [2.24, 2.45) is 0 Å². The van der Waals surface area contributed by atoms with Crippen molar-refractivity contribution in [3.63, 3.8) is 0 Å². The highest BCUT2D eigenvalue weighted by Gasteiger charge is 2.15. The fourth-order valence-corrected chi connectivity index (χ4v) is 1.94. The van der Waals surface area contributed by atoms with Crippen LogP contribution in [0.5, 0.6) is 5.75 Å². The van der Waals surface area contributed by atoms with Crippen LogP contribution in [-0.2, 0) is 11.2 Å². The van der Waals surface area contributed by atoms with Crippen LogP contribution < -0.4 is 5.32 Å². The van der Waals surface area contributed by atoms with Gasteiger partial charge < -0.3 is 15.2 Å². The Labute approximate surface area is 126 Å². The summed E-state index contributed by atoms with van der Waals surface area (Å²) in [5.41, 5.74) is 0.396. The molecule has 0 saturated carbocycles. The number of para-hydroxylation sites is 1. The van der Waals surface area contributed by atoms with Crippen molar-refractivity contribution >= 4 is 29.1 Å². The van der Waals surface area contributed by atoms with Crippen molar-refractivity contribution in [1.82, 2.24) is 9.97 Å². The molecule has 7 heteroatoms. The van der Waals surface area contributed by atoms with E-state index in [2.05, 4.69) is 20.0 Å². The van der Waals surface area contributed by atoms with Crippen LogP contribution >= 0.6 is 11.6 Å². The highest BCUT2D eigenvalue weighted by molar-refractivity contribution is 6.29. The third-order valence-electron chi connectivity index (χ3n) is 2.76. The summed E-state index contributed by atoms with van der Waals surface area (Å²) in [5, 5.41) is 13.3. The minimum Gasteiger partial charge on any atom is -0.505 e. The Kier molecular flexibility index (Phi) is 4.59. The van der Waals surface area contributed by atoms with Gasteiger partial charge in [0, 0.05) is 12.5 Å². The quantitative estimate of drug-likeness (QED) is 0.513. The van der Waals surface area contributed by atoms with Gasteiger partial charge in [-0.15, -0.1) is 0 Å². The van der Waals surface area contributed by atoms with Gasteiger partial charge in [0.15, 0.2) is 5.75 Å². The summed E-state index contributed by atoms with van der Waals surface area (Å²) in [6, 6.07) is 6.24. The summed E-state index contributed by atoms with van der Waals surface area (Å²) in [6.45, 7) is 1.91. The van der Waals surface area contributed by atoms with E-state index in [1.54, 1.807) is 12.1 Å². The number of hydrogen-bond donors (Lipinski definition) is 2. The molecule has 0 aliphatic carbocycles. The second-order valence-corrected chi connectivity index (χ2v) is 4.55. The van der Waals surface area contributed by atoms with Gasteiger partial charge in [0.1, 0.15) is 22.4 Å². The minimum absolute atomic E-state index is 0.0679. The third-order valence-corrected chi connectivity index (χ3v) is 2.96. The van der Waals surface area contributed by atoms with Crippen LogP contribution in [0.2, 0.25) is 5.15 Å². The van der Waals surface area contributed by atoms with Crippen molar-refractivity contribution in [1.29, 1.82) is 0 Å². The van der Waals surface area contributed by atoms with E-state index in [0.717, 1.165) is 0 Å². The minimum atomic E-state index is -0.619. The summed E-state index contributed by atoms with van der Waals surface area (Å²) in [7, 11) is 1.25. The molecule has 21 heavy (non-hydrogen) atoms. The van der Waals surface area contributed by atoms with Crippen molar-refractivity contribution in [3.05, 3.63) is 40.8 Å². The van der Waals surface area contributed by atoms with E-state index < -0.39 is 5.97 Å². The second-order valence-electron chi connectivity index (χ2n) is 4.16. The molecule has 6 nitrogen and oxygen atoms in total. The smallest absolute Gasteiger partial charge is 0.341 e. The van der Waals surface area contributed by atoms with Gasteiger partial charge in [0.25, 0.3) is 0 Å². The maximum atomic E-state index is 11.5. The number of esters is 1. The topological polar surface area (TPSA) is 84.3 Å². The Balaban J connectivity index is 2.36. The standard InChI is InChI=1S/C14H14ClN3O3/c1-3-11-17-10(15)7-12(18-11)16-9-6-4-5-8(13(9)19)14(20)21-2/h4-7,19H,3H2,1-2H3,(H,16,17,18). The van der Waals surface area contributed by atoms with Crippen LogP contribution in [-0.4, -0.2) is 28.2 Å². The molecular weight excluding hydrogens is 294 g/mol. The number of ether oxygens (including phenoxy) is 1. The number of aromatic nitrogens is 2. The van der Waals surface area contributed by atoms with Crippen LogP contribution in [0.1, 0.15) is 23.1 Å². The van der Waals surface area contributed by atoms with E-state index in [4.69, 9.17) is 11.6 Å². The highest BCUT2D eigenvalue weighted by atomic mass is 35.5. The average Bonchev–Trinajstić information content (AvgIpc) is 2.48. The first kappa shape index (κ1) is 15.1. The van der Waals surface area contributed by atoms with Crippen molar-refractivity contribution in [2.45, 2.75) is 13.3 Å². The normalized spacial score (nSPS) is 10.2. The lowest BCUT2D eigenvalue weighted by Gasteiger charge is -2.11. The number of nitrogens with one attached hydrogen (secondary N) is 1. The molecule has 0 aliphatic rings. The first-order valence-corrected chi connectivity index (χ1v) is 6.63. The van der Waals surface area contributed by atoms with E-state index in [1.165, 1.54) is 19.2 Å². The summed E-state index contributed by atoms with van der Waals surface area (Å²) in [6.07, 6.45) is 0.628. The van der Waals surface area contributed by atoms with Crippen molar-refractivity contribution in [2.75, 3.05) is 12.4 Å². The number of methoxy groups -OCH3 is 1. The lowest BCUT2D eigenvalue weighted by Crippen LogP contribution is -2.04. The summed E-state index contributed by atoms with van der Waals surface area (Å²) < 4.78 is 4.60. The fourth-order valence-electron chi connectivity index (χ4n) is 1.74. The lowest BCUT2D eigenvalue weighted by molar-refractivity contribution is 0.0597. The van der Waals surface area contributed by atoms with E-state index in [9.17, 15) is 9.90 Å². The molecule has 0 radical (unpaired) electrons. The largest absolute Gasteiger partial charge is 0.505 e. The maximum Gasteiger partial charge on any atom is 0.341 e. The zero-order valence-corrected chi connectivity index (χ0v) is 12.3. The molecule has 2 aromatic rings. The number of aromatic hydroxyl groups is 1. The molecule has 0 bridgehead atoms. The monoisotopic (exact) mass is 307 g/mol. The number of carbonyl (C=O) groups is 1. The zero-order valence-electron chi connectivity index (χ0n) is 11.6. The van der Waals surface area contributed by atoms with Gasteiger partial charge in [0.2, 0.25) is 0 Å². The van der Waals surface area contributed by atoms with Gasteiger partial charge in [0.05, 0.1) is 12.8 Å². The van der Waals surface area contributed by atoms with E-state index in [0.29, 0.717) is 28.9 Å². The Morgan fingerprint density at radius 3 is 2.86 bits per heavy atom. The molecule has 0 fully saturated rings. The molecule has 0 spiro atoms. The number of rotatable bonds is 4. The Bertz CT molecular complexity index is 677. The number of hydrogen-bond acceptors (Lipinski definition) is 6. The number of benzene rings is 1. The number of phenolic OH excluding ortho intramolecular Hbond substituents is 1. The number of anilines is 2. The second kappa shape index (κ2) is 6.41. The number of phenols is 1. The van der Waals surface area contributed by atoms with Gasteiger partial charge in [-0.2, -0.15) is 0 Å². The maximum absolute atomic E-state index is 11.5. The summed E-state index contributed by atoms with van der Waals surface area (Å²) >= 11 is 5.91. The van der Waals surface area contributed by atoms with Crippen LogP contribution in [0, 0.1) is 0 Å². The van der Waals surface area contributed by atoms with Crippen LogP contribution in [0.4, 0.5) is 11.5 Å². The first-order valence-electron chi connectivity index (χ1n) is 6.26. The average molecular weight is 308 g/mol. The highest BCUT2D eigenvalue weighted by Crippen LogP contribution is 2.30. The first-order chi connectivity index (χ1) is 10.0. The zero-order chi connectivity index (χ0) is 15.4. The molecule has 0 unspecified atom stereocenters. The van der Waals surface area contributed by atoms with Gasteiger partial charge >= 0.3 is 5.97 Å². The van der Waals surface area contributed by atoms with E-state index >= 15 is 0 Å². The van der Waals surface area contributed by atoms with Crippen LogP contribution in [0.3, 0.4) is 0 Å². The van der Waals surface area contributed by atoms with Crippen LogP contribution in [0.15, 0.2) is 24.3 Å². The van der Waals surface area contributed by atoms with Gasteiger partial charge in [-0.1, -0.05) is 24.6 Å². The summed E-state index contributed by atoms with van der Waals surface area (Å²) in [4.78, 5) is 19.8. The van der Waals surface area contributed by atoms with E-state index in [1.807, 2.05) is 6.92 Å². The van der Waals surface area contributed by atoms with Gasteiger partial charge in [-0.05, 0) is 12.1 Å². The predicted octanol–water partition coefficient (Wildman–Crippen LogP) is 2.93. The molecule has 0 saturated heterocycles. The Morgan fingerprint density at radius 2 is 2.19 bits per heavy atom. The molecule has 2 N–H and O–H groups in total. The number of aryl methyl sites for hydroxylation is 1. The molecule has 2 rings (SSSR count). The molecule has 0 atom stereocenters. The van der Waals surface area contributed by atoms with Crippen molar-refractivity contribution in [3.8, 4) is 5.75 Å². The summed E-state index contributed by atoms with van der Waals surface area (Å²) in [5.74, 6) is 0.182. The molecule has 1 aromatic heterocycles. The number of halogens is 1. The Morgan fingerprint density at radius 1 is 1.43 bits per heavy atom. The van der Waals surface area contributed by atoms with E-state index in [-0.39, 0.29) is 11.3 Å². The van der Waals surface area contributed by atoms with Crippen molar-refractivity contribution < 1.29 is 14.6 Å². The Hall–Kier alpha value is -2.34. The molecule has 0 aliphatic heterocycles. The molecule has 110 valence electrons. The van der Waals surface area contributed by atoms with Crippen LogP contribution in [0.25, 0.3) is 0 Å².